The van der Waals surface area contributed by atoms with Crippen LogP contribution in [0.1, 0.15) is 12.6 Å². The van der Waals surface area contributed by atoms with Crippen LogP contribution in [-0.4, -0.2) is 35.6 Å². The number of rotatable bonds is 5. The number of nitrogens with one attached hydrogen (secondary N) is 1. The molecule has 1 aromatic carbocycles. The van der Waals surface area contributed by atoms with Crippen molar-refractivity contribution < 1.29 is 19.2 Å². The normalized spacial score (nSPS) is 13.7. The lowest BCUT2D eigenvalue weighted by Gasteiger charge is -2.17. The van der Waals surface area contributed by atoms with Crippen LogP contribution in [-0.2, 0) is 16.0 Å². The molecule has 1 aromatic heterocycles. The van der Waals surface area contributed by atoms with Crippen molar-refractivity contribution in [1.29, 1.82) is 0 Å². The summed E-state index contributed by atoms with van der Waals surface area (Å²) in [6.07, 6.45) is -0.0797. The van der Waals surface area contributed by atoms with Gasteiger partial charge in [0.05, 0.1) is 20.6 Å². The first-order valence-corrected chi connectivity index (χ1v) is 6.29. The van der Waals surface area contributed by atoms with Crippen LogP contribution in [0.3, 0.4) is 0 Å². The molecule has 0 saturated carbocycles. The molecule has 7 heteroatoms. The molecular formula is C14H16N2O5. The van der Waals surface area contributed by atoms with E-state index in [-0.39, 0.29) is 6.42 Å². The third-order valence-electron chi connectivity index (χ3n) is 3.45. The second kappa shape index (κ2) is 5.43. The van der Waals surface area contributed by atoms with Gasteiger partial charge in [-0.15, -0.1) is 0 Å². The Kier molecular flexibility index (Phi) is 3.84. The zero-order valence-corrected chi connectivity index (χ0v) is 12.0. The Balaban J connectivity index is 2.37. The van der Waals surface area contributed by atoms with Gasteiger partial charge in [-0.1, -0.05) is 0 Å². The summed E-state index contributed by atoms with van der Waals surface area (Å²) in [7, 11) is 2.70. The summed E-state index contributed by atoms with van der Waals surface area (Å²) in [5, 5.41) is 12.1. The zero-order valence-electron chi connectivity index (χ0n) is 12.0. The third-order valence-corrected chi connectivity index (χ3v) is 3.45. The third kappa shape index (κ3) is 2.67. The number of methoxy groups -OCH3 is 2. The number of carbonyl (C=O) groups is 1. The number of esters is 1. The lowest BCUT2D eigenvalue weighted by Crippen LogP contribution is -2.46. The monoisotopic (exact) mass is 292 g/mol. The molecule has 1 unspecified atom stereocenters. The van der Waals surface area contributed by atoms with E-state index in [1.165, 1.54) is 6.92 Å². The maximum Gasteiger partial charge on any atom is 0.384 e. The highest BCUT2D eigenvalue weighted by Crippen LogP contribution is 2.25. The number of fused-ring (bicyclic) bond motifs is 1. The molecule has 0 radical (unpaired) electrons. The molecule has 0 aliphatic rings. The number of aromatic amines is 1. The fraction of sp³-hybridized carbons (Fsp3) is 0.357. The first-order valence-electron chi connectivity index (χ1n) is 6.29. The van der Waals surface area contributed by atoms with Crippen LogP contribution >= 0.6 is 0 Å². The fourth-order valence-corrected chi connectivity index (χ4v) is 2.20. The van der Waals surface area contributed by atoms with Gasteiger partial charge in [0.1, 0.15) is 5.75 Å². The maximum absolute atomic E-state index is 11.7. The quantitative estimate of drug-likeness (QED) is 0.516. The first kappa shape index (κ1) is 14.8. The Morgan fingerprint density at radius 2 is 2.10 bits per heavy atom. The predicted molar refractivity (Wildman–Crippen MR) is 76.0 cm³/mol. The molecule has 1 N–H and O–H groups in total. The van der Waals surface area contributed by atoms with Gasteiger partial charge in [0.25, 0.3) is 0 Å². The van der Waals surface area contributed by atoms with E-state index in [0.717, 1.165) is 18.0 Å². The van der Waals surface area contributed by atoms with Gasteiger partial charge in [-0.05, 0) is 24.3 Å². The summed E-state index contributed by atoms with van der Waals surface area (Å²) in [4.78, 5) is 25.4. The largest absolute Gasteiger partial charge is 0.497 e. The molecule has 0 bridgehead atoms. The Hall–Kier alpha value is -2.57. The molecule has 21 heavy (non-hydrogen) atoms. The molecule has 112 valence electrons. The Morgan fingerprint density at radius 3 is 2.67 bits per heavy atom. The minimum atomic E-state index is -1.82. The van der Waals surface area contributed by atoms with Gasteiger partial charge in [-0.3, -0.25) is 10.1 Å². The summed E-state index contributed by atoms with van der Waals surface area (Å²) in [6, 6.07) is 7.19. The Morgan fingerprint density at radius 1 is 1.38 bits per heavy atom. The molecule has 7 nitrogen and oxygen atoms in total. The first-order chi connectivity index (χ1) is 9.90. The predicted octanol–water partition coefficient (Wildman–Crippen LogP) is 1.93. The van der Waals surface area contributed by atoms with Gasteiger partial charge in [-0.25, -0.2) is 4.79 Å². The summed E-state index contributed by atoms with van der Waals surface area (Å²) < 4.78 is 9.68. The van der Waals surface area contributed by atoms with Gasteiger partial charge < -0.3 is 14.5 Å². The van der Waals surface area contributed by atoms with Crippen molar-refractivity contribution in [2.45, 2.75) is 18.9 Å². The lowest BCUT2D eigenvalue weighted by atomic mass is 9.97. The standard InChI is InChI=1S/C14H16N2O5/c1-14(16(18)19,13(17)21-3)8-10-6-9-7-11(20-2)4-5-12(9)15-10/h4-7,15H,8H2,1-3H3. The molecule has 1 heterocycles. The van der Waals surface area contributed by atoms with E-state index in [2.05, 4.69) is 9.72 Å². The highest BCUT2D eigenvalue weighted by atomic mass is 16.6. The van der Waals surface area contributed by atoms with Crippen molar-refractivity contribution in [3.63, 3.8) is 0 Å². The van der Waals surface area contributed by atoms with E-state index in [0.29, 0.717) is 11.4 Å². The minimum Gasteiger partial charge on any atom is -0.497 e. The van der Waals surface area contributed by atoms with Gasteiger partial charge in [0, 0.05) is 28.4 Å². The highest BCUT2D eigenvalue weighted by Gasteiger charge is 2.47. The summed E-state index contributed by atoms with van der Waals surface area (Å²) in [6.45, 7) is 1.25. The van der Waals surface area contributed by atoms with Gasteiger partial charge >= 0.3 is 11.5 Å². The number of hydrogen-bond acceptors (Lipinski definition) is 5. The summed E-state index contributed by atoms with van der Waals surface area (Å²) in [5.41, 5.74) is -0.413. The molecular weight excluding hydrogens is 276 g/mol. The average molecular weight is 292 g/mol. The average Bonchev–Trinajstić information content (AvgIpc) is 2.86. The number of nitrogens with zero attached hydrogens (tertiary/aromatic N) is 1. The van der Waals surface area contributed by atoms with E-state index < -0.39 is 16.4 Å². The van der Waals surface area contributed by atoms with Crippen LogP contribution in [0, 0.1) is 10.1 Å². The minimum absolute atomic E-state index is 0.0797. The topological polar surface area (TPSA) is 94.5 Å². The molecule has 1 atom stereocenters. The summed E-state index contributed by atoms with van der Waals surface area (Å²) >= 11 is 0. The van der Waals surface area contributed by atoms with Crippen molar-refractivity contribution in [3.05, 3.63) is 40.1 Å². The van der Waals surface area contributed by atoms with Crippen LogP contribution in [0.4, 0.5) is 0 Å². The van der Waals surface area contributed by atoms with E-state index in [1.807, 2.05) is 12.1 Å². The van der Waals surface area contributed by atoms with Crippen LogP contribution in [0.2, 0.25) is 0 Å². The molecule has 0 aliphatic heterocycles. The second-order valence-corrected chi connectivity index (χ2v) is 4.95. The number of nitro groups is 1. The van der Waals surface area contributed by atoms with Crippen molar-refractivity contribution in [1.82, 2.24) is 4.98 Å². The number of benzene rings is 1. The van der Waals surface area contributed by atoms with Gasteiger partial charge in [0.2, 0.25) is 0 Å². The van der Waals surface area contributed by atoms with Crippen LogP contribution in [0.5, 0.6) is 5.75 Å². The fourth-order valence-electron chi connectivity index (χ4n) is 2.20. The van der Waals surface area contributed by atoms with Gasteiger partial charge in [0.15, 0.2) is 0 Å². The van der Waals surface area contributed by atoms with Crippen molar-refractivity contribution in [2.24, 2.45) is 0 Å². The zero-order chi connectivity index (χ0) is 15.6. The number of ether oxygens (including phenoxy) is 2. The van der Waals surface area contributed by atoms with Crippen molar-refractivity contribution in [3.8, 4) is 5.75 Å². The van der Waals surface area contributed by atoms with Gasteiger partial charge in [-0.2, -0.15) is 0 Å². The SMILES string of the molecule is COC(=O)C(C)(Cc1cc2cc(OC)ccc2[nH]1)[N+](=O)[O-]. The Bertz CT molecular complexity index is 694. The van der Waals surface area contributed by atoms with E-state index in [9.17, 15) is 14.9 Å². The molecule has 0 aliphatic carbocycles. The number of H-pyrrole nitrogens is 1. The Labute approximate surface area is 121 Å². The number of carbonyl (C=O) groups excluding carboxylic acids is 1. The number of hydrogen-bond donors (Lipinski definition) is 1. The lowest BCUT2D eigenvalue weighted by molar-refractivity contribution is -0.550. The van der Waals surface area contributed by atoms with E-state index in [4.69, 9.17) is 4.74 Å². The maximum atomic E-state index is 11.7. The molecule has 2 rings (SSSR count). The van der Waals surface area contributed by atoms with Crippen LogP contribution in [0.15, 0.2) is 24.3 Å². The van der Waals surface area contributed by atoms with Crippen LogP contribution < -0.4 is 4.74 Å². The summed E-state index contributed by atoms with van der Waals surface area (Å²) in [5.74, 6) is -0.179. The smallest absolute Gasteiger partial charge is 0.384 e. The second-order valence-electron chi connectivity index (χ2n) is 4.95. The van der Waals surface area contributed by atoms with E-state index >= 15 is 0 Å². The van der Waals surface area contributed by atoms with Crippen LogP contribution in [0.25, 0.3) is 10.9 Å². The number of aromatic nitrogens is 1. The molecule has 0 amide bonds. The molecule has 0 fully saturated rings. The molecule has 0 spiro atoms. The van der Waals surface area contributed by atoms with Crippen molar-refractivity contribution >= 4 is 16.9 Å². The van der Waals surface area contributed by atoms with Crippen molar-refractivity contribution in [2.75, 3.05) is 14.2 Å². The van der Waals surface area contributed by atoms with E-state index in [1.54, 1.807) is 19.2 Å². The molecule has 0 saturated heterocycles. The molecule has 2 aromatic rings. The highest BCUT2D eigenvalue weighted by molar-refractivity contribution is 5.83.